The van der Waals surface area contributed by atoms with E-state index in [9.17, 15) is 9.50 Å². The summed E-state index contributed by atoms with van der Waals surface area (Å²) >= 11 is 0. The summed E-state index contributed by atoms with van der Waals surface area (Å²) in [6, 6.07) is 6.49. The third-order valence-electron chi connectivity index (χ3n) is 6.94. The molecule has 166 valence electrons. The van der Waals surface area contributed by atoms with Gasteiger partial charge in [0, 0.05) is 41.0 Å². The summed E-state index contributed by atoms with van der Waals surface area (Å²) < 4.78 is 29.9. The van der Waals surface area contributed by atoms with Crippen molar-refractivity contribution in [2.45, 2.75) is 62.4 Å². The number of aromatic nitrogens is 4. The molecule has 3 N–H and O–H groups in total. The zero-order valence-corrected chi connectivity index (χ0v) is 17.4. The van der Waals surface area contributed by atoms with Crippen molar-refractivity contribution < 1.29 is 13.9 Å². The molecule has 3 aliphatic rings. The van der Waals surface area contributed by atoms with E-state index in [-0.39, 0.29) is 35.0 Å². The summed E-state index contributed by atoms with van der Waals surface area (Å²) in [5.41, 5.74) is 1.42. The third-order valence-corrected chi connectivity index (χ3v) is 6.94. The maximum Gasteiger partial charge on any atom is 0.151 e. The summed E-state index contributed by atoms with van der Waals surface area (Å²) in [5, 5.41) is 29.0. The molecule has 3 aromatic rings. The zero-order valence-electron chi connectivity index (χ0n) is 17.4. The van der Waals surface area contributed by atoms with Crippen LogP contribution in [0.5, 0.6) is 5.75 Å². The van der Waals surface area contributed by atoms with E-state index in [2.05, 4.69) is 30.6 Å². The molecule has 3 fully saturated rings. The van der Waals surface area contributed by atoms with Crippen molar-refractivity contribution in [1.82, 2.24) is 25.7 Å². The normalized spacial score (nSPS) is 26.9. The van der Waals surface area contributed by atoms with Gasteiger partial charge in [0.05, 0.1) is 17.9 Å². The predicted molar refractivity (Wildman–Crippen MR) is 115 cm³/mol. The average Bonchev–Trinajstić information content (AvgIpc) is 3.32. The Morgan fingerprint density at radius 3 is 2.66 bits per heavy atom. The fourth-order valence-electron chi connectivity index (χ4n) is 5.22. The van der Waals surface area contributed by atoms with E-state index < -0.39 is 12.0 Å². The molecule has 0 spiro atoms. The maximum absolute atomic E-state index is 15.2. The Balaban J connectivity index is 1.30. The first-order valence-electron chi connectivity index (χ1n) is 11.1. The maximum atomic E-state index is 15.2. The molecule has 1 aromatic carbocycles. The first-order valence-corrected chi connectivity index (χ1v) is 11.1. The minimum atomic E-state index is -0.940. The minimum absolute atomic E-state index is 0.0825. The van der Waals surface area contributed by atoms with E-state index in [0.717, 1.165) is 32.1 Å². The largest absolute Gasteiger partial charge is 0.507 e. The Morgan fingerprint density at radius 2 is 1.94 bits per heavy atom. The molecule has 4 atom stereocenters. The Kier molecular flexibility index (Phi) is 4.60. The first-order chi connectivity index (χ1) is 15.6. The van der Waals surface area contributed by atoms with Gasteiger partial charge in [0.2, 0.25) is 0 Å². The van der Waals surface area contributed by atoms with Crippen LogP contribution in [0, 0.1) is 5.82 Å². The van der Waals surface area contributed by atoms with Gasteiger partial charge in [-0.1, -0.05) is 0 Å². The second kappa shape index (κ2) is 7.51. The van der Waals surface area contributed by atoms with Crippen molar-refractivity contribution in [1.29, 1.82) is 0 Å². The number of nitrogens with one attached hydrogen (secondary N) is 2. The van der Waals surface area contributed by atoms with E-state index in [1.807, 2.05) is 0 Å². The molecule has 4 unspecified atom stereocenters. The molecule has 1 aliphatic carbocycles. The highest BCUT2D eigenvalue weighted by molar-refractivity contribution is 5.74. The highest BCUT2D eigenvalue weighted by Gasteiger charge is 2.48. The number of fused-ring (bicyclic) bond motifs is 2. The molecule has 2 aromatic heterocycles. The second-order valence-electron chi connectivity index (χ2n) is 9.05. The molecule has 2 aliphatic heterocycles. The van der Waals surface area contributed by atoms with Gasteiger partial charge in [-0.25, -0.2) is 8.78 Å². The van der Waals surface area contributed by atoms with Crippen LogP contribution in [0.25, 0.3) is 22.4 Å². The summed E-state index contributed by atoms with van der Waals surface area (Å²) in [7, 11) is 0. The van der Waals surface area contributed by atoms with Gasteiger partial charge in [0.25, 0.3) is 0 Å². The quantitative estimate of drug-likeness (QED) is 0.564. The van der Waals surface area contributed by atoms with Gasteiger partial charge in [-0.2, -0.15) is 5.10 Å². The van der Waals surface area contributed by atoms with E-state index in [0.29, 0.717) is 23.1 Å². The Hall–Kier alpha value is -3.07. The van der Waals surface area contributed by atoms with E-state index in [4.69, 9.17) is 0 Å². The number of aromatic hydroxyl groups is 1. The second-order valence-corrected chi connectivity index (χ2v) is 9.05. The number of phenols is 1. The highest BCUT2D eigenvalue weighted by atomic mass is 19.1. The van der Waals surface area contributed by atoms with Crippen LogP contribution >= 0.6 is 0 Å². The van der Waals surface area contributed by atoms with Crippen molar-refractivity contribution in [2.24, 2.45) is 0 Å². The summed E-state index contributed by atoms with van der Waals surface area (Å²) in [6.07, 6.45) is 6.82. The lowest BCUT2D eigenvalue weighted by atomic mass is 9.95. The van der Waals surface area contributed by atoms with Gasteiger partial charge in [-0.3, -0.25) is 5.10 Å². The van der Waals surface area contributed by atoms with Crippen LogP contribution in [-0.4, -0.2) is 55.8 Å². The number of alkyl halides is 1. The molecular formula is C23H24F2N6O. The smallest absolute Gasteiger partial charge is 0.151 e. The number of anilines is 1. The SMILES string of the molecule is Oc1cc(-c2cn[nH]c2)c(F)cc1-c1ccc(N(C2CC2)C2CC3CCC(N3)C2F)nn1. The molecule has 0 radical (unpaired) electrons. The van der Waals surface area contributed by atoms with Gasteiger partial charge in [0.1, 0.15) is 17.7 Å². The summed E-state index contributed by atoms with van der Waals surface area (Å²) in [4.78, 5) is 2.11. The predicted octanol–water partition coefficient (Wildman–Crippen LogP) is 3.58. The lowest BCUT2D eigenvalue weighted by molar-refractivity contribution is 0.171. The molecule has 6 rings (SSSR count). The Bertz CT molecular complexity index is 1120. The Labute approximate surface area is 183 Å². The van der Waals surface area contributed by atoms with Gasteiger partial charge < -0.3 is 15.3 Å². The van der Waals surface area contributed by atoms with Crippen molar-refractivity contribution in [3.05, 3.63) is 42.5 Å². The molecule has 4 heterocycles. The number of hydrogen-bond acceptors (Lipinski definition) is 6. The number of hydrogen-bond donors (Lipinski definition) is 3. The average molecular weight is 438 g/mol. The fourth-order valence-corrected chi connectivity index (χ4v) is 5.22. The van der Waals surface area contributed by atoms with Gasteiger partial charge >= 0.3 is 0 Å². The fraction of sp³-hybridized carbons (Fsp3) is 0.435. The molecular weight excluding hydrogens is 414 g/mol. The molecule has 0 amide bonds. The minimum Gasteiger partial charge on any atom is -0.507 e. The highest BCUT2D eigenvalue weighted by Crippen LogP contribution is 2.40. The number of benzene rings is 1. The van der Waals surface area contributed by atoms with Crippen molar-refractivity contribution in [2.75, 3.05) is 4.90 Å². The van der Waals surface area contributed by atoms with Gasteiger partial charge in [-0.15, -0.1) is 10.2 Å². The van der Waals surface area contributed by atoms with Crippen LogP contribution in [0.15, 0.2) is 36.7 Å². The van der Waals surface area contributed by atoms with Gasteiger partial charge in [0.15, 0.2) is 5.82 Å². The lowest BCUT2D eigenvalue weighted by Gasteiger charge is -2.41. The van der Waals surface area contributed by atoms with Gasteiger partial charge in [-0.05, 0) is 56.4 Å². The van der Waals surface area contributed by atoms with E-state index in [1.165, 1.54) is 18.3 Å². The summed E-state index contributed by atoms with van der Waals surface area (Å²) in [5.74, 6) is 0.0535. The zero-order chi connectivity index (χ0) is 21.8. The number of aromatic amines is 1. The molecule has 9 heteroatoms. The standard InChI is InChI=1S/C23H24F2N6O/c24-17-8-16(21(32)9-15(17)12-10-26-27-11-12)18-5-6-22(30-29-18)31(14-2-3-14)20-7-13-1-4-19(28-13)23(20)25/h5-6,8-11,13-14,19-20,23,28,32H,1-4,7H2,(H,26,27). The molecule has 32 heavy (non-hydrogen) atoms. The van der Waals surface area contributed by atoms with Crippen molar-refractivity contribution in [3.8, 4) is 28.1 Å². The molecule has 2 bridgehead atoms. The van der Waals surface area contributed by atoms with Crippen LogP contribution in [-0.2, 0) is 0 Å². The van der Waals surface area contributed by atoms with Crippen LogP contribution in [0.4, 0.5) is 14.6 Å². The van der Waals surface area contributed by atoms with Crippen LogP contribution in [0.1, 0.15) is 32.1 Å². The van der Waals surface area contributed by atoms with E-state index in [1.54, 1.807) is 18.3 Å². The Morgan fingerprint density at radius 1 is 1.06 bits per heavy atom. The van der Waals surface area contributed by atoms with Crippen molar-refractivity contribution in [3.63, 3.8) is 0 Å². The van der Waals surface area contributed by atoms with E-state index >= 15 is 4.39 Å². The number of nitrogens with zero attached hydrogens (tertiary/aromatic N) is 4. The molecule has 1 saturated carbocycles. The number of piperidine rings is 1. The topological polar surface area (TPSA) is 90.0 Å². The number of phenolic OH excluding ortho intramolecular Hbond substituents is 1. The number of rotatable bonds is 5. The molecule has 7 nitrogen and oxygen atoms in total. The number of halogens is 2. The first kappa shape index (κ1) is 19.6. The monoisotopic (exact) mass is 438 g/mol. The summed E-state index contributed by atoms with van der Waals surface area (Å²) in [6.45, 7) is 0. The molecule has 2 saturated heterocycles. The van der Waals surface area contributed by atoms with Crippen LogP contribution < -0.4 is 10.2 Å². The van der Waals surface area contributed by atoms with Crippen LogP contribution in [0.2, 0.25) is 0 Å². The third kappa shape index (κ3) is 3.31. The lowest BCUT2D eigenvalue weighted by Crippen LogP contribution is -2.57. The van der Waals surface area contributed by atoms with Crippen LogP contribution in [0.3, 0.4) is 0 Å². The van der Waals surface area contributed by atoms with Crippen molar-refractivity contribution >= 4 is 5.82 Å². The number of H-pyrrole nitrogens is 1.